The Morgan fingerprint density at radius 2 is 1.79 bits per heavy atom. The molecule has 2 aliphatic rings. The predicted molar refractivity (Wildman–Crippen MR) is 152 cm³/mol. The van der Waals surface area contributed by atoms with Gasteiger partial charge in [-0.15, -0.1) is 0 Å². The number of hydrogen-bond acceptors (Lipinski definition) is 6. The molecule has 1 atom stereocenters. The summed E-state index contributed by atoms with van der Waals surface area (Å²) in [5, 5.41) is 12.4. The summed E-state index contributed by atoms with van der Waals surface area (Å²) in [4.78, 5) is 20.7. The number of aliphatic hydroxyl groups excluding tert-OH is 1. The maximum absolute atomic E-state index is 13.4. The molecule has 1 aromatic heterocycles. The lowest BCUT2D eigenvalue weighted by molar-refractivity contribution is 0.102. The quantitative estimate of drug-likeness (QED) is 0.361. The number of hydrogen-bond donors (Lipinski definition) is 3. The second-order valence-corrected chi connectivity index (χ2v) is 12.7. The summed E-state index contributed by atoms with van der Waals surface area (Å²) in [5.41, 5.74) is 3.32. The molecular weight excluding hydrogens is 514 g/mol. The Morgan fingerprint density at radius 1 is 1.05 bits per heavy atom. The molecule has 3 N–H and O–H groups in total. The molecule has 2 heterocycles. The van der Waals surface area contributed by atoms with Gasteiger partial charge in [0.2, 0.25) is 16.0 Å². The third-order valence-electron chi connectivity index (χ3n) is 7.75. The smallest absolute Gasteiger partial charge is 0.258 e. The fraction of sp³-hybridized carbons (Fsp3) is 0.517. The first kappa shape index (κ1) is 27.8. The standard InChI is InChI=1S/C29H39N5O4S/c1-21(35)19-30-39(37,38)25-12-8-9-23(18-25)28(36)32-29-31-26-17-22(20-33-15-6-3-7-16-33)13-14-27(26)34(29)24-10-4-2-5-11-24/h8-9,12-14,17-18,21,24,30,35H,2-7,10-11,15-16,19-20H2,1H3,(H,31,32,36). The number of aromatic nitrogens is 2. The third-order valence-corrected chi connectivity index (χ3v) is 9.17. The van der Waals surface area contributed by atoms with Gasteiger partial charge in [-0.2, -0.15) is 0 Å². The Morgan fingerprint density at radius 3 is 2.54 bits per heavy atom. The van der Waals surface area contributed by atoms with Crippen LogP contribution >= 0.6 is 0 Å². The lowest BCUT2D eigenvalue weighted by atomic mass is 9.95. The van der Waals surface area contributed by atoms with Crippen LogP contribution in [0, 0.1) is 0 Å². The van der Waals surface area contributed by atoms with Gasteiger partial charge in [0.05, 0.1) is 22.0 Å². The highest BCUT2D eigenvalue weighted by atomic mass is 32.2. The van der Waals surface area contributed by atoms with Gasteiger partial charge in [-0.1, -0.05) is 37.8 Å². The average molecular weight is 554 g/mol. The summed E-state index contributed by atoms with van der Waals surface area (Å²) in [6.07, 6.45) is 8.54. The number of aliphatic hydroxyl groups is 1. The number of amides is 1. The van der Waals surface area contributed by atoms with Crippen LogP contribution in [-0.2, 0) is 16.6 Å². The highest BCUT2D eigenvalue weighted by Gasteiger charge is 2.24. The number of sulfonamides is 1. The van der Waals surface area contributed by atoms with Gasteiger partial charge in [0.25, 0.3) is 5.91 Å². The van der Waals surface area contributed by atoms with Crippen molar-refractivity contribution in [3.63, 3.8) is 0 Å². The van der Waals surface area contributed by atoms with Crippen LogP contribution < -0.4 is 10.0 Å². The maximum atomic E-state index is 13.4. The largest absolute Gasteiger partial charge is 0.392 e. The van der Waals surface area contributed by atoms with Crippen molar-refractivity contribution in [2.45, 2.75) is 81.9 Å². The van der Waals surface area contributed by atoms with Crippen LogP contribution in [0.5, 0.6) is 0 Å². The molecule has 3 aromatic rings. The highest BCUT2D eigenvalue weighted by molar-refractivity contribution is 7.89. The van der Waals surface area contributed by atoms with Gasteiger partial charge in [-0.3, -0.25) is 15.0 Å². The Bertz CT molecular complexity index is 1410. The minimum atomic E-state index is -3.86. The SMILES string of the molecule is CC(O)CNS(=O)(=O)c1cccc(C(=O)Nc2nc3cc(CN4CCCCC4)ccc3n2C2CCCCC2)c1. The van der Waals surface area contributed by atoms with Crippen molar-refractivity contribution in [3.8, 4) is 0 Å². The van der Waals surface area contributed by atoms with Crippen LogP contribution in [-0.4, -0.2) is 59.6 Å². The third kappa shape index (κ3) is 6.69. The molecule has 39 heavy (non-hydrogen) atoms. The van der Waals surface area contributed by atoms with Gasteiger partial charge in [0.1, 0.15) is 0 Å². The molecule has 1 aliphatic heterocycles. The van der Waals surface area contributed by atoms with Crippen LogP contribution in [0.4, 0.5) is 5.95 Å². The van der Waals surface area contributed by atoms with Crippen molar-refractivity contribution in [1.29, 1.82) is 0 Å². The number of nitrogens with one attached hydrogen (secondary N) is 2. The molecule has 1 aliphatic carbocycles. The molecule has 210 valence electrons. The molecule has 0 radical (unpaired) electrons. The van der Waals surface area contributed by atoms with Gasteiger partial charge >= 0.3 is 0 Å². The first-order valence-electron chi connectivity index (χ1n) is 14.1. The highest BCUT2D eigenvalue weighted by Crippen LogP contribution is 2.35. The van der Waals surface area contributed by atoms with E-state index < -0.39 is 22.0 Å². The lowest BCUT2D eigenvalue weighted by Crippen LogP contribution is -2.30. The summed E-state index contributed by atoms with van der Waals surface area (Å²) in [5.74, 6) is 0.0843. The van der Waals surface area contributed by atoms with Crippen LogP contribution in [0.2, 0.25) is 0 Å². The summed E-state index contributed by atoms with van der Waals surface area (Å²) in [6, 6.07) is 12.6. The lowest BCUT2D eigenvalue weighted by Gasteiger charge is -2.26. The summed E-state index contributed by atoms with van der Waals surface area (Å²) in [6.45, 7) is 4.54. The Kier molecular flexibility index (Phi) is 8.66. The van der Waals surface area contributed by atoms with Crippen molar-refractivity contribution in [2.24, 2.45) is 0 Å². The predicted octanol–water partition coefficient (Wildman–Crippen LogP) is 4.44. The first-order valence-corrected chi connectivity index (χ1v) is 15.6. The maximum Gasteiger partial charge on any atom is 0.258 e. The summed E-state index contributed by atoms with van der Waals surface area (Å²) in [7, 11) is -3.86. The minimum absolute atomic E-state index is 0.0288. The van der Waals surface area contributed by atoms with E-state index in [4.69, 9.17) is 4.98 Å². The zero-order chi connectivity index (χ0) is 27.4. The molecule has 9 nitrogen and oxygen atoms in total. The molecule has 1 saturated carbocycles. The van der Waals surface area contributed by atoms with E-state index in [1.807, 2.05) is 0 Å². The number of nitrogens with zero attached hydrogens (tertiary/aromatic N) is 3. The topological polar surface area (TPSA) is 117 Å². The van der Waals surface area contributed by atoms with Crippen molar-refractivity contribution in [2.75, 3.05) is 25.0 Å². The van der Waals surface area contributed by atoms with Gasteiger partial charge in [-0.05, 0) is 81.6 Å². The number of anilines is 1. The number of benzene rings is 2. The van der Waals surface area contributed by atoms with E-state index in [0.717, 1.165) is 56.4 Å². The molecule has 2 aromatic carbocycles. The van der Waals surface area contributed by atoms with Gasteiger partial charge in [0, 0.05) is 24.7 Å². The Hall–Kier alpha value is -2.79. The molecule has 5 rings (SSSR count). The molecule has 0 spiro atoms. The number of rotatable bonds is 9. The zero-order valence-corrected chi connectivity index (χ0v) is 23.4. The van der Waals surface area contributed by atoms with Crippen LogP contribution in [0.1, 0.15) is 80.3 Å². The second kappa shape index (κ2) is 12.2. The summed E-state index contributed by atoms with van der Waals surface area (Å²) >= 11 is 0. The van der Waals surface area contributed by atoms with Crippen molar-refractivity contribution in [1.82, 2.24) is 19.2 Å². The molecule has 0 bridgehead atoms. The zero-order valence-electron chi connectivity index (χ0n) is 22.6. The molecular formula is C29H39N5O4S. The molecule has 2 fully saturated rings. The van der Waals surface area contributed by atoms with E-state index in [0.29, 0.717) is 5.95 Å². The molecule has 1 saturated heterocycles. The van der Waals surface area contributed by atoms with Crippen LogP contribution in [0.3, 0.4) is 0 Å². The number of imidazole rings is 1. The fourth-order valence-corrected chi connectivity index (χ4v) is 6.87. The van der Waals surface area contributed by atoms with E-state index >= 15 is 0 Å². The Balaban J connectivity index is 1.42. The summed E-state index contributed by atoms with van der Waals surface area (Å²) < 4.78 is 29.8. The first-order chi connectivity index (χ1) is 18.8. The second-order valence-electron chi connectivity index (χ2n) is 10.9. The van der Waals surface area contributed by atoms with Crippen LogP contribution in [0.25, 0.3) is 11.0 Å². The van der Waals surface area contributed by atoms with E-state index in [-0.39, 0.29) is 23.0 Å². The minimum Gasteiger partial charge on any atom is -0.392 e. The van der Waals surface area contributed by atoms with E-state index in [1.165, 1.54) is 50.3 Å². The number of fused-ring (bicyclic) bond motifs is 1. The van der Waals surface area contributed by atoms with Crippen LogP contribution in [0.15, 0.2) is 47.4 Å². The molecule has 1 amide bonds. The van der Waals surface area contributed by atoms with E-state index in [2.05, 4.69) is 37.7 Å². The Labute approximate surface area is 230 Å². The number of carbonyl (C=O) groups excluding carboxylic acids is 1. The fourth-order valence-electron chi connectivity index (χ4n) is 5.71. The van der Waals surface area contributed by atoms with E-state index in [9.17, 15) is 18.3 Å². The van der Waals surface area contributed by atoms with Gasteiger partial charge in [-0.25, -0.2) is 18.1 Å². The van der Waals surface area contributed by atoms with Gasteiger partial charge < -0.3 is 9.67 Å². The molecule has 10 heteroatoms. The average Bonchev–Trinajstić information content (AvgIpc) is 3.30. The number of carbonyl (C=O) groups is 1. The number of piperidine rings is 1. The van der Waals surface area contributed by atoms with Crippen molar-refractivity contribution in [3.05, 3.63) is 53.6 Å². The van der Waals surface area contributed by atoms with E-state index in [1.54, 1.807) is 12.1 Å². The monoisotopic (exact) mass is 553 g/mol. The van der Waals surface area contributed by atoms with Crippen molar-refractivity contribution < 1.29 is 18.3 Å². The number of likely N-dealkylation sites (tertiary alicyclic amines) is 1. The normalized spacial score (nSPS) is 18.3. The van der Waals surface area contributed by atoms with Gasteiger partial charge in [0.15, 0.2) is 0 Å². The molecule has 1 unspecified atom stereocenters. The van der Waals surface area contributed by atoms with Crippen molar-refractivity contribution >= 4 is 32.9 Å².